The van der Waals surface area contributed by atoms with Crippen LogP contribution in [0.5, 0.6) is 5.75 Å². The van der Waals surface area contributed by atoms with E-state index in [1.165, 1.54) is 0 Å². The summed E-state index contributed by atoms with van der Waals surface area (Å²) in [5.41, 5.74) is 4.61. The summed E-state index contributed by atoms with van der Waals surface area (Å²) in [6, 6.07) is 14.9. The van der Waals surface area contributed by atoms with Gasteiger partial charge in [-0.2, -0.15) is 15.3 Å². The van der Waals surface area contributed by atoms with E-state index in [-0.39, 0.29) is 5.97 Å². The molecule has 3 aromatic rings. The van der Waals surface area contributed by atoms with E-state index in [0.29, 0.717) is 48.1 Å². The molecular formula is C26H30N6O3. The predicted molar refractivity (Wildman–Crippen MR) is 136 cm³/mol. The van der Waals surface area contributed by atoms with Gasteiger partial charge in [-0.25, -0.2) is 0 Å². The van der Waals surface area contributed by atoms with E-state index in [2.05, 4.69) is 30.3 Å². The van der Waals surface area contributed by atoms with Gasteiger partial charge in [0.2, 0.25) is 0 Å². The Morgan fingerprint density at radius 2 is 1.57 bits per heavy atom. The summed E-state index contributed by atoms with van der Waals surface area (Å²) >= 11 is 0. The fraction of sp³-hybridized carbons (Fsp3) is 0.308. The predicted octanol–water partition coefficient (Wildman–Crippen LogP) is 7.01. The molecular weight excluding hydrogens is 444 g/mol. The van der Waals surface area contributed by atoms with Crippen LogP contribution in [0.2, 0.25) is 0 Å². The zero-order valence-electron chi connectivity index (χ0n) is 20.5. The Kier molecular flexibility index (Phi) is 9.41. The molecule has 0 radical (unpaired) electrons. The van der Waals surface area contributed by atoms with Crippen LogP contribution in [-0.4, -0.2) is 37.8 Å². The highest BCUT2D eigenvalue weighted by Gasteiger charge is 2.10. The molecule has 2 aromatic carbocycles. The number of rotatable bonds is 11. The summed E-state index contributed by atoms with van der Waals surface area (Å²) in [7, 11) is 1.58. The fourth-order valence-corrected chi connectivity index (χ4v) is 3.30. The van der Waals surface area contributed by atoms with Crippen molar-refractivity contribution in [3.8, 4) is 5.75 Å². The second-order valence-electron chi connectivity index (χ2n) is 7.57. The first-order valence-electron chi connectivity index (χ1n) is 11.5. The molecule has 0 atom stereocenters. The van der Waals surface area contributed by atoms with Crippen LogP contribution in [0.1, 0.15) is 25.8 Å². The molecule has 3 rings (SSSR count). The number of hydrogen-bond donors (Lipinski definition) is 0. The van der Waals surface area contributed by atoms with Gasteiger partial charge in [-0.15, -0.1) is 5.11 Å². The van der Waals surface area contributed by atoms with Crippen molar-refractivity contribution in [2.75, 3.05) is 31.7 Å². The monoisotopic (exact) mass is 474 g/mol. The van der Waals surface area contributed by atoms with Crippen molar-refractivity contribution >= 4 is 34.4 Å². The summed E-state index contributed by atoms with van der Waals surface area (Å²) in [6.07, 6.45) is 3.68. The average Bonchev–Trinajstić information content (AvgIpc) is 2.88. The third-order valence-corrected chi connectivity index (χ3v) is 5.19. The lowest BCUT2D eigenvalue weighted by Crippen LogP contribution is -2.26. The molecule has 0 fully saturated rings. The number of ether oxygens (including phenoxy) is 2. The number of hydrogen-bond acceptors (Lipinski definition) is 9. The number of aromatic nitrogens is 1. The molecule has 1 heterocycles. The highest BCUT2D eigenvalue weighted by Crippen LogP contribution is 2.36. The van der Waals surface area contributed by atoms with E-state index < -0.39 is 0 Å². The SMILES string of the molecule is CCOC(=O)CCN(CC)c1ccc(N=Nc2cc(C)c(N=Nc3ccncc3)cc2OC)cc1. The quantitative estimate of drug-likeness (QED) is 0.220. The average molecular weight is 475 g/mol. The molecule has 0 spiro atoms. The number of carbonyl (C=O) groups excluding carboxylic acids is 1. The lowest BCUT2D eigenvalue weighted by molar-refractivity contribution is -0.142. The maximum atomic E-state index is 11.7. The third-order valence-electron chi connectivity index (χ3n) is 5.19. The normalized spacial score (nSPS) is 11.2. The van der Waals surface area contributed by atoms with Gasteiger partial charge in [0, 0.05) is 37.2 Å². The van der Waals surface area contributed by atoms with E-state index in [9.17, 15) is 4.79 Å². The number of anilines is 1. The molecule has 1 aromatic heterocycles. The van der Waals surface area contributed by atoms with E-state index >= 15 is 0 Å². The van der Waals surface area contributed by atoms with Crippen LogP contribution >= 0.6 is 0 Å². The first kappa shape index (κ1) is 25.5. The van der Waals surface area contributed by atoms with Gasteiger partial charge in [-0.05, 0) is 68.8 Å². The zero-order chi connectivity index (χ0) is 25.0. The number of carbonyl (C=O) groups is 1. The highest BCUT2D eigenvalue weighted by atomic mass is 16.5. The maximum Gasteiger partial charge on any atom is 0.307 e. The number of pyridine rings is 1. The van der Waals surface area contributed by atoms with Crippen molar-refractivity contribution in [3.63, 3.8) is 0 Å². The fourth-order valence-electron chi connectivity index (χ4n) is 3.30. The van der Waals surface area contributed by atoms with Crippen molar-refractivity contribution in [2.45, 2.75) is 27.2 Å². The summed E-state index contributed by atoms with van der Waals surface area (Å²) < 4.78 is 10.5. The Hall–Kier alpha value is -4.14. The molecule has 0 saturated heterocycles. The summed E-state index contributed by atoms with van der Waals surface area (Å²) in [4.78, 5) is 17.8. The van der Waals surface area contributed by atoms with Crippen LogP contribution in [0.15, 0.2) is 81.4 Å². The first-order chi connectivity index (χ1) is 17.0. The molecule has 9 nitrogen and oxygen atoms in total. The highest BCUT2D eigenvalue weighted by molar-refractivity contribution is 5.70. The molecule has 0 aliphatic heterocycles. The molecule has 0 N–H and O–H groups in total. The van der Waals surface area contributed by atoms with Gasteiger partial charge < -0.3 is 14.4 Å². The van der Waals surface area contributed by atoms with Crippen LogP contribution in [0.3, 0.4) is 0 Å². The minimum atomic E-state index is -0.189. The molecule has 0 unspecified atom stereocenters. The molecule has 35 heavy (non-hydrogen) atoms. The van der Waals surface area contributed by atoms with Gasteiger partial charge >= 0.3 is 5.97 Å². The summed E-state index contributed by atoms with van der Waals surface area (Å²) in [5.74, 6) is 0.362. The third kappa shape index (κ3) is 7.43. The van der Waals surface area contributed by atoms with Gasteiger partial charge in [-0.1, -0.05) is 0 Å². The Morgan fingerprint density at radius 3 is 2.20 bits per heavy atom. The molecule has 0 bridgehead atoms. The number of benzene rings is 2. The lowest BCUT2D eigenvalue weighted by atomic mass is 10.1. The smallest absolute Gasteiger partial charge is 0.307 e. The Bertz CT molecular complexity index is 1160. The minimum Gasteiger partial charge on any atom is -0.494 e. The molecule has 0 saturated carbocycles. The summed E-state index contributed by atoms with van der Waals surface area (Å²) in [5, 5.41) is 17.3. The van der Waals surface area contributed by atoms with Gasteiger partial charge in [0.05, 0.1) is 37.2 Å². The van der Waals surface area contributed by atoms with Gasteiger partial charge in [0.1, 0.15) is 11.4 Å². The lowest BCUT2D eigenvalue weighted by Gasteiger charge is -2.22. The van der Waals surface area contributed by atoms with Crippen LogP contribution in [0.25, 0.3) is 0 Å². The van der Waals surface area contributed by atoms with Crippen molar-refractivity contribution < 1.29 is 14.3 Å². The largest absolute Gasteiger partial charge is 0.494 e. The van der Waals surface area contributed by atoms with Crippen LogP contribution in [-0.2, 0) is 9.53 Å². The van der Waals surface area contributed by atoms with Crippen molar-refractivity contribution in [1.82, 2.24) is 4.98 Å². The second kappa shape index (κ2) is 12.9. The number of aryl methyl sites for hydroxylation is 1. The van der Waals surface area contributed by atoms with Gasteiger partial charge in [0.15, 0.2) is 0 Å². The van der Waals surface area contributed by atoms with Crippen molar-refractivity contribution in [2.24, 2.45) is 20.5 Å². The van der Waals surface area contributed by atoms with E-state index in [0.717, 1.165) is 17.8 Å². The van der Waals surface area contributed by atoms with Gasteiger partial charge in [-0.3, -0.25) is 9.78 Å². The number of methoxy groups -OCH3 is 1. The number of azo groups is 2. The summed E-state index contributed by atoms with van der Waals surface area (Å²) in [6.45, 7) is 7.56. The molecule has 0 aliphatic carbocycles. The Labute approximate surface area is 205 Å². The number of nitrogens with zero attached hydrogens (tertiary/aromatic N) is 6. The maximum absolute atomic E-state index is 11.7. The molecule has 9 heteroatoms. The van der Waals surface area contributed by atoms with E-state index in [4.69, 9.17) is 9.47 Å². The van der Waals surface area contributed by atoms with Gasteiger partial charge in [0.25, 0.3) is 0 Å². The van der Waals surface area contributed by atoms with Crippen LogP contribution in [0.4, 0.5) is 28.4 Å². The Balaban J connectivity index is 1.71. The standard InChI is InChI=1S/C26H30N6O3/c1-5-32(16-13-26(33)35-6-2)22-9-7-20(8-10-22)28-31-24-17-19(3)23(18-25(24)34-4)30-29-21-11-14-27-15-12-21/h7-12,14-15,17-18H,5-6,13,16H2,1-4H3. The topological polar surface area (TPSA) is 101 Å². The number of esters is 1. The van der Waals surface area contributed by atoms with Crippen molar-refractivity contribution in [1.29, 1.82) is 0 Å². The molecule has 0 aliphatic rings. The van der Waals surface area contributed by atoms with E-state index in [1.54, 1.807) is 37.7 Å². The van der Waals surface area contributed by atoms with E-state index in [1.807, 2.05) is 51.1 Å². The Morgan fingerprint density at radius 1 is 0.914 bits per heavy atom. The van der Waals surface area contributed by atoms with Crippen molar-refractivity contribution in [3.05, 3.63) is 66.5 Å². The second-order valence-corrected chi connectivity index (χ2v) is 7.57. The minimum absolute atomic E-state index is 0.189. The molecule has 182 valence electrons. The van der Waals surface area contributed by atoms with Crippen LogP contribution in [0, 0.1) is 6.92 Å². The van der Waals surface area contributed by atoms with Crippen LogP contribution < -0.4 is 9.64 Å². The zero-order valence-corrected chi connectivity index (χ0v) is 20.5. The molecule has 0 amide bonds. The first-order valence-corrected chi connectivity index (χ1v) is 11.5.